The highest BCUT2D eigenvalue weighted by molar-refractivity contribution is 5.86. The third-order valence-electron chi connectivity index (χ3n) is 1.35. The molecular weight excluding hydrogens is 210 g/mol. The van der Waals surface area contributed by atoms with Gasteiger partial charge in [-0.2, -0.15) is 0 Å². The predicted octanol–water partition coefficient (Wildman–Crippen LogP) is 1.63. The lowest BCUT2D eigenvalue weighted by Gasteiger charge is -2.19. The topological polar surface area (TPSA) is 64.6 Å². The molecule has 1 N–H and O–H groups in total. The second-order valence-electron chi connectivity index (χ2n) is 4.34. The maximum absolute atomic E-state index is 11.1. The summed E-state index contributed by atoms with van der Waals surface area (Å²) in [5.41, 5.74) is -0.198. The number of carbonyl (C=O) groups is 2. The first-order chi connectivity index (χ1) is 7.22. The summed E-state index contributed by atoms with van der Waals surface area (Å²) < 4.78 is 9.76. The number of hydrogen-bond acceptors (Lipinski definition) is 4. The number of ether oxygens (including phenoxy) is 2. The normalized spacial score (nSPS) is 10.5. The number of nitrogens with one attached hydrogen (secondary N) is 1. The summed E-state index contributed by atoms with van der Waals surface area (Å²) in [5, 5.41) is 2.47. The molecule has 0 unspecified atom stereocenters. The molecule has 92 valence electrons. The fourth-order valence-corrected chi connectivity index (χ4v) is 0.734. The first-order valence-corrected chi connectivity index (χ1v) is 5.02. The molecule has 0 spiro atoms. The molecule has 0 radical (unpaired) electrons. The largest absolute Gasteiger partial charge is 0.460 e. The summed E-state index contributed by atoms with van der Waals surface area (Å²) in [6.07, 6.45) is -0.529. The van der Waals surface area contributed by atoms with Crippen molar-refractivity contribution in [2.45, 2.75) is 33.3 Å². The van der Waals surface area contributed by atoms with Crippen molar-refractivity contribution in [3.05, 3.63) is 12.2 Å². The molecule has 5 nitrogen and oxygen atoms in total. The maximum atomic E-state index is 11.1. The van der Waals surface area contributed by atoms with E-state index in [4.69, 9.17) is 9.47 Å². The van der Waals surface area contributed by atoms with Gasteiger partial charge in [-0.05, 0) is 27.7 Å². The van der Waals surface area contributed by atoms with Crippen LogP contribution in [0, 0.1) is 0 Å². The van der Waals surface area contributed by atoms with Gasteiger partial charge in [-0.3, -0.25) is 0 Å². The van der Waals surface area contributed by atoms with Gasteiger partial charge in [0.25, 0.3) is 0 Å². The van der Waals surface area contributed by atoms with E-state index in [1.165, 1.54) is 0 Å². The first kappa shape index (κ1) is 14.5. The van der Waals surface area contributed by atoms with Crippen molar-refractivity contribution in [2.75, 3.05) is 13.2 Å². The number of hydrogen-bond donors (Lipinski definition) is 1. The smallest absolute Gasteiger partial charge is 0.407 e. The Hall–Kier alpha value is -1.52. The van der Waals surface area contributed by atoms with Crippen LogP contribution >= 0.6 is 0 Å². The van der Waals surface area contributed by atoms with Crippen molar-refractivity contribution in [2.24, 2.45) is 0 Å². The Morgan fingerprint density at radius 2 is 1.88 bits per heavy atom. The Bertz CT molecular complexity index is 278. The van der Waals surface area contributed by atoms with Gasteiger partial charge in [-0.25, -0.2) is 9.59 Å². The summed E-state index contributed by atoms with van der Waals surface area (Å²) in [6.45, 7) is 10.6. The van der Waals surface area contributed by atoms with Crippen LogP contribution < -0.4 is 5.32 Å². The molecule has 0 aromatic rings. The van der Waals surface area contributed by atoms with Gasteiger partial charge >= 0.3 is 12.1 Å². The van der Waals surface area contributed by atoms with Crippen molar-refractivity contribution in [1.29, 1.82) is 0 Å². The van der Waals surface area contributed by atoms with Crippen LogP contribution in [0.3, 0.4) is 0 Å². The van der Waals surface area contributed by atoms with E-state index >= 15 is 0 Å². The van der Waals surface area contributed by atoms with E-state index in [2.05, 4.69) is 11.9 Å². The zero-order valence-corrected chi connectivity index (χ0v) is 10.3. The molecule has 0 bridgehead atoms. The van der Waals surface area contributed by atoms with Gasteiger partial charge in [-0.1, -0.05) is 6.58 Å². The number of alkyl carbamates (subject to hydrolysis) is 1. The molecule has 0 saturated heterocycles. The number of carbonyl (C=O) groups excluding carboxylic acids is 2. The summed E-state index contributed by atoms with van der Waals surface area (Å²) in [4.78, 5) is 22.1. The van der Waals surface area contributed by atoms with Gasteiger partial charge in [0.05, 0.1) is 6.54 Å². The molecule has 16 heavy (non-hydrogen) atoms. The van der Waals surface area contributed by atoms with Crippen molar-refractivity contribution in [3.63, 3.8) is 0 Å². The molecule has 5 heteroatoms. The van der Waals surface area contributed by atoms with Gasteiger partial charge in [0.1, 0.15) is 12.2 Å². The minimum absolute atomic E-state index is 0.102. The summed E-state index contributed by atoms with van der Waals surface area (Å²) in [7, 11) is 0. The van der Waals surface area contributed by atoms with Crippen LogP contribution in [0.2, 0.25) is 0 Å². The van der Waals surface area contributed by atoms with E-state index in [1.807, 2.05) is 0 Å². The average molecular weight is 229 g/mol. The standard InChI is InChI=1S/C11H19NO4/c1-8(2)9(13)15-7-6-12-10(14)16-11(3,4)5/h1,6-7H2,2-5H3,(H,12,14). The van der Waals surface area contributed by atoms with E-state index < -0.39 is 17.7 Å². The van der Waals surface area contributed by atoms with Crippen LogP contribution in [0.15, 0.2) is 12.2 Å². The van der Waals surface area contributed by atoms with Crippen molar-refractivity contribution in [3.8, 4) is 0 Å². The minimum Gasteiger partial charge on any atom is -0.460 e. The average Bonchev–Trinajstić information content (AvgIpc) is 2.08. The van der Waals surface area contributed by atoms with Crippen LogP contribution in [0.1, 0.15) is 27.7 Å². The lowest BCUT2D eigenvalue weighted by molar-refractivity contribution is -0.138. The molecule has 0 heterocycles. The van der Waals surface area contributed by atoms with Crippen LogP contribution in [-0.4, -0.2) is 30.8 Å². The third-order valence-corrected chi connectivity index (χ3v) is 1.35. The van der Waals surface area contributed by atoms with Gasteiger partial charge < -0.3 is 14.8 Å². The lowest BCUT2D eigenvalue weighted by atomic mass is 10.2. The SMILES string of the molecule is C=C(C)C(=O)OCCNC(=O)OC(C)(C)C. The molecule has 0 atom stereocenters. The summed E-state index contributed by atoms with van der Waals surface area (Å²) in [6, 6.07) is 0. The van der Waals surface area contributed by atoms with E-state index in [9.17, 15) is 9.59 Å². The Morgan fingerprint density at radius 3 is 2.31 bits per heavy atom. The molecule has 0 aromatic carbocycles. The number of amides is 1. The molecule has 0 saturated carbocycles. The molecule has 0 aliphatic heterocycles. The highest BCUT2D eigenvalue weighted by Crippen LogP contribution is 2.06. The second-order valence-corrected chi connectivity index (χ2v) is 4.34. The zero-order chi connectivity index (χ0) is 12.8. The van der Waals surface area contributed by atoms with E-state index in [-0.39, 0.29) is 13.2 Å². The fraction of sp³-hybridized carbons (Fsp3) is 0.636. The maximum Gasteiger partial charge on any atom is 0.407 e. The highest BCUT2D eigenvalue weighted by Gasteiger charge is 2.15. The Labute approximate surface area is 95.8 Å². The van der Waals surface area contributed by atoms with Gasteiger partial charge in [0.2, 0.25) is 0 Å². The summed E-state index contributed by atoms with van der Waals surface area (Å²) in [5.74, 6) is -0.467. The molecule has 1 amide bonds. The molecule has 0 aliphatic carbocycles. The molecular formula is C11H19NO4. The molecule has 0 rings (SSSR count). The van der Waals surface area contributed by atoms with Crippen LogP contribution in [0.4, 0.5) is 4.79 Å². The first-order valence-electron chi connectivity index (χ1n) is 5.02. The molecule has 0 fully saturated rings. The van der Waals surface area contributed by atoms with E-state index in [1.54, 1.807) is 27.7 Å². The van der Waals surface area contributed by atoms with E-state index in [0.29, 0.717) is 5.57 Å². The molecule has 0 aromatic heterocycles. The Morgan fingerprint density at radius 1 is 1.31 bits per heavy atom. The number of esters is 1. The fourth-order valence-electron chi connectivity index (χ4n) is 0.734. The van der Waals surface area contributed by atoms with E-state index in [0.717, 1.165) is 0 Å². The monoisotopic (exact) mass is 229 g/mol. The zero-order valence-electron chi connectivity index (χ0n) is 10.3. The van der Waals surface area contributed by atoms with Crippen LogP contribution in [0.25, 0.3) is 0 Å². The predicted molar refractivity (Wildman–Crippen MR) is 60.0 cm³/mol. The Balaban J connectivity index is 3.64. The molecule has 0 aliphatic rings. The van der Waals surface area contributed by atoms with Gasteiger partial charge in [-0.15, -0.1) is 0 Å². The van der Waals surface area contributed by atoms with Crippen molar-refractivity contribution in [1.82, 2.24) is 5.32 Å². The summed E-state index contributed by atoms with van der Waals surface area (Å²) >= 11 is 0. The van der Waals surface area contributed by atoms with Crippen LogP contribution in [-0.2, 0) is 14.3 Å². The number of rotatable bonds is 4. The quantitative estimate of drug-likeness (QED) is 0.452. The van der Waals surface area contributed by atoms with Gasteiger partial charge in [0.15, 0.2) is 0 Å². The van der Waals surface area contributed by atoms with Crippen molar-refractivity contribution >= 4 is 12.1 Å². The third kappa shape index (κ3) is 7.84. The second kappa shape index (κ2) is 6.15. The minimum atomic E-state index is -0.529. The van der Waals surface area contributed by atoms with Crippen molar-refractivity contribution < 1.29 is 19.1 Å². The lowest BCUT2D eigenvalue weighted by Crippen LogP contribution is -2.34. The van der Waals surface area contributed by atoms with Gasteiger partial charge in [0, 0.05) is 5.57 Å². The van der Waals surface area contributed by atoms with Crippen LogP contribution in [0.5, 0.6) is 0 Å². The Kier molecular flexibility index (Phi) is 5.56. The highest BCUT2D eigenvalue weighted by atomic mass is 16.6.